The lowest BCUT2D eigenvalue weighted by Gasteiger charge is -2.27. The molecule has 4 aromatic rings. The number of aromatic nitrogens is 1. The molecule has 6 nitrogen and oxygen atoms in total. The first-order chi connectivity index (χ1) is 18.8. The van der Waals surface area contributed by atoms with Crippen molar-refractivity contribution in [3.63, 3.8) is 0 Å². The van der Waals surface area contributed by atoms with Crippen LogP contribution >= 0.6 is 23.7 Å². The van der Waals surface area contributed by atoms with Crippen molar-refractivity contribution in [1.82, 2.24) is 9.88 Å². The summed E-state index contributed by atoms with van der Waals surface area (Å²) in [6.07, 6.45) is -3.95. The summed E-state index contributed by atoms with van der Waals surface area (Å²) in [5.41, 5.74) is 0.302. The molecule has 2 heterocycles. The van der Waals surface area contributed by atoms with Crippen LogP contribution in [0.1, 0.15) is 38.3 Å². The highest BCUT2D eigenvalue weighted by Crippen LogP contribution is 2.38. The minimum Gasteiger partial charge on any atom is -0.379 e. The van der Waals surface area contributed by atoms with E-state index in [2.05, 4.69) is 9.88 Å². The fourth-order valence-electron chi connectivity index (χ4n) is 4.52. The summed E-state index contributed by atoms with van der Waals surface area (Å²) in [6, 6.07) is 19.1. The van der Waals surface area contributed by atoms with Crippen LogP contribution in [0.2, 0.25) is 0 Å². The molecule has 210 valence electrons. The molecule has 1 aliphatic heterocycles. The van der Waals surface area contributed by atoms with Gasteiger partial charge in [-0.1, -0.05) is 59.9 Å². The molecule has 0 N–H and O–H groups in total. The minimum atomic E-state index is -4.56. The zero-order valence-corrected chi connectivity index (χ0v) is 23.0. The van der Waals surface area contributed by atoms with Crippen LogP contribution in [0, 0.1) is 0 Å². The van der Waals surface area contributed by atoms with Gasteiger partial charge in [0.25, 0.3) is 5.91 Å². The number of carbonyl (C=O) groups excluding carboxylic acids is 2. The van der Waals surface area contributed by atoms with Gasteiger partial charge in [0.15, 0.2) is 10.9 Å². The van der Waals surface area contributed by atoms with Gasteiger partial charge in [-0.15, -0.1) is 12.4 Å². The Bertz CT molecular complexity index is 1460. The van der Waals surface area contributed by atoms with E-state index in [1.165, 1.54) is 11.0 Å². The molecular weight excluding hydrogens is 563 g/mol. The first kappa shape index (κ1) is 29.7. The summed E-state index contributed by atoms with van der Waals surface area (Å²) in [5, 5.41) is 0.207. The van der Waals surface area contributed by atoms with Gasteiger partial charge in [0.2, 0.25) is 0 Å². The lowest BCUT2D eigenvalue weighted by atomic mass is 10.0. The molecule has 0 atom stereocenters. The third kappa shape index (κ3) is 6.69. The van der Waals surface area contributed by atoms with Crippen LogP contribution in [0.3, 0.4) is 0 Å². The topological polar surface area (TPSA) is 62.7 Å². The Morgan fingerprint density at radius 1 is 0.900 bits per heavy atom. The third-order valence-corrected chi connectivity index (χ3v) is 7.62. The van der Waals surface area contributed by atoms with Gasteiger partial charge in [0.05, 0.1) is 29.0 Å². The number of thiazole rings is 1. The number of hydrogen-bond acceptors (Lipinski definition) is 6. The van der Waals surface area contributed by atoms with Crippen LogP contribution in [0.25, 0.3) is 10.2 Å². The average Bonchev–Trinajstić information content (AvgIpc) is 3.39. The number of hydrogen-bond donors (Lipinski definition) is 0. The number of amides is 1. The molecule has 1 fully saturated rings. The lowest BCUT2D eigenvalue weighted by molar-refractivity contribution is -0.136. The van der Waals surface area contributed by atoms with Gasteiger partial charge < -0.3 is 4.74 Å². The van der Waals surface area contributed by atoms with E-state index in [0.717, 1.165) is 37.0 Å². The monoisotopic (exact) mass is 589 g/mol. The predicted molar refractivity (Wildman–Crippen MR) is 152 cm³/mol. The van der Waals surface area contributed by atoms with Crippen LogP contribution < -0.4 is 4.90 Å². The van der Waals surface area contributed by atoms with Gasteiger partial charge in [-0.3, -0.25) is 19.4 Å². The van der Waals surface area contributed by atoms with Gasteiger partial charge in [0.1, 0.15) is 0 Å². The lowest BCUT2D eigenvalue weighted by Crippen LogP contribution is -2.39. The Hall–Kier alpha value is -3.31. The number of carbonyl (C=O) groups is 2. The van der Waals surface area contributed by atoms with Crippen LogP contribution in [0.15, 0.2) is 72.8 Å². The Kier molecular flexibility index (Phi) is 9.57. The number of para-hydroxylation sites is 1. The molecule has 40 heavy (non-hydrogen) atoms. The van der Waals surface area contributed by atoms with E-state index >= 15 is 0 Å². The standard InChI is InChI=1S/C29H26F3N3O3S.ClH/c30-29(31,32)23-8-4-9-24-25(23)33-28(39-24)35(15-5-14-34-16-18-38-19-17-34)27(37)22-12-10-21(11-13-22)26(36)20-6-2-1-3-7-20;/h1-4,6-13H,5,14-19H2;1H. The van der Waals surface area contributed by atoms with Gasteiger partial charge in [-0.05, 0) is 30.7 Å². The predicted octanol–water partition coefficient (Wildman–Crippen LogP) is 6.34. The second-order valence-electron chi connectivity index (χ2n) is 9.18. The second kappa shape index (κ2) is 12.9. The van der Waals surface area contributed by atoms with Crippen LogP contribution in [-0.2, 0) is 10.9 Å². The smallest absolute Gasteiger partial charge is 0.379 e. The normalized spacial score (nSPS) is 14.1. The SMILES string of the molecule is Cl.O=C(c1ccccc1)c1ccc(C(=O)N(CCCN2CCOCC2)c2nc3c(C(F)(F)F)cccc3s2)cc1. The minimum absolute atomic E-state index is 0. The number of fused-ring (bicyclic) bond motifs is 1. The Morgan fingerprint density at radius 3 is 2.23 bits per heavy atom. The highest BCUT2D eigenvalue weighted by Gasteiger charge is 2.34. The maximum absolute atomic E-state index is 13.7. The van der Waals surface area contributed by atoms with Crippen molar-refractivity contribution in [3.8, 4) is 0 Å². The third-order valence-electron chi connectivity index (χ3n) is 6.58. The van der Waals surface area contributed by atoms with Crippen molar-refractivity contribution in [2.45, 2.75) is 12.6 Å². The number of benzene rings is 3. The van der Waals surface area contributed by atoms with Crippen molar-refractivity contribution in [3.05, 3.63) is 95.1 Å². The van der Waals surface area contributed by atoms with Crippen molar-refractivity contribution in [1.29, 1.82) is 0 Å². The van der Waals surface area contributed by atoms with Crippen molar-refractivity contribution < 1.29 is 27.5 Å². The van der Waals surface area contributed by atoms with Crippen molar-refractivity contribution >= 4 is 50.8 Å². The largest absolute Gasteiger partial charge is 0.418 e. The molecule has 1 saturated heterocycles. The average molecular weight is 590 g/mol. The summed E-state index contributed by atoms with van der Waals surface area (Å²) in [5.74, 6) is -0.550. The molecular formula is C29H27ClF3N3O3S. The molecule has 0 aliphatic carbocycles. The fraction of sp³-hybridized carbons (Fsp3) is 0.276. The van der Waals surface area contributed by atoms with E-state index in [1.54, 1.807) is 54.6 Å². The van der Waals surface area contributed by atoms with Gasteiger partial charge in [-0.25, -0.2) is 4.98 Å². The molecule has 0 spiro atoms. The number of ketones is 1. The highest BCUT2D eigenvalue weighted by atomic mass is 35.5. The molecule has 11 heteroatoms. The van der Waals surface area contributed by atoms with Crippen molar-refractivity contribution in [2.24, 2.45) is 0 Å². The summed E-state index contributed by atoms with van der Waals surface area (Å²) in [7, 11) is 0. The number of morpholine rings is 1. The maximum Gasteiger partial charge on any atom is 0.418 e. The molecule has 1 aromatic heterocycles. The highest BCUT2D eigenvalue weighted by molar-refractivity contribution is 7.22. The first-order valence-corrected chi connectivity index (χ1v) is 13.4. The Morgan fingerprint density at radius 2 is 1.55 bits per heavy atom. The molecule has 1 aliphatic rings. The molecule has 3 aromatic carbocycles. The van der Waals surface area contributed by atoms with Gasteiger partial charge in [-0.2, -0.15) is 13.2 Å². The van der Waals surface area contributed by atoms with Crippen LogP contribution in [0.5, 0.6) is 0 Å². The second-order valence-corrected chi connectivity index (χ2v) is 10.2. The van der Waals surface area contributed by atoms with E-state index < -0.39 is 11.7 Å². The number of alkyl halides is 3. The first-order valence-electron chi connectivity index (χ1n) is 12.6. The van der Waals surface area contributed by atoms with Gasteiger partial charge >= 0.3 is 6.18 Å². The van der Waals surface area contributed by atoms with Crippen LogP contribution in [-0.4, -0.2) is 61.0 Å². The van der Waals surface area contributed by atoms with E-state index in [9.17, 15) is 22.8 Å². The Balaban J connectivity index is 0.00000370. The summed E-state index contributed by atoms with van der Waals surface area (Å²) in [6.45, 7) is 3.88. The molecule has 1 amide bonds. The zero-order chi connectivity index (χ0) is 27.4. The summed E-state index contributed by atoms with van der Waals surface area (Å²) in [4.78, 5) is 34.4. The quantitative estimate of drug-likeness (QED) is 0.225. The maximum atomic E-state index is 13.7. The van der Waals surface area contributed by atoms with E-state index in [-0.39, 0.29) is 41.3 Å². The summed E-state index contributed by atoms with van der Waals surface area (Å²) >= 11 is 1.06. The van der Waals surface area contributed by atoms with Crippen molar-refractivity contribution in [2.75, 3.05) is 44.3 Å². The fourth-order valence-corrected chi connectivity index (χ4v) is 5.54. The molecule has 0 radical (unpaired) electrons. The van der Waals surface area contributed by atoms with Crippen LogP contribution in [0.4, 0.5) is 18.3 Å². The molecule has 0 bridgehead atoms. The zero-order valence-electron chi connectivity index (χ0n) is 21.4. The summed E-state index contributed by atoms with van der Waals surface area (Å²) < 4.78 is 46.6. The molecule has 0 unspecified atom stereocenters. The van der Waals surface area contributed by atoms with E-state index in [1.807, 2.05) is 6.07 Å². The number of nitrogens with zero attached hydrogens (tertiary/aromatic N) is 3. The Labute approximate surface area is 239 Å². The molecule has 5 rings (SSSR count). The number of ether oxygens (including phenoxy) is 1. The number of halogens is 4. The van der Waals surface area contributed by atoms with E-state index in [0.29, 0.717) is 41.0 Å². The van der Waals surface area contributed by atoms with Gasteiger partial charge in [0, 0.05) is 42.9 Å². The molecule has 0 saturated carbocycles. The number of rotatable bonds is 8. The van der Waals surface area contributed by atoms with E-state index in [4.69, 9.17) is 4.74 Å². The number of anilines is 1.